The first-order valence-corrected chi connectivity index (χ1v) is 26.4. The van der Waals surface area contributed by atoms with E-state index in [9.17, 15) is 14.4 Å². The summed E-state index contributed by atoms with van der Waals surface area (Å²) in [6.07, 6.45) is 70.7. The average Bonchev–Trinajstić information content (AvgIpc) is 3.30. The van der Waals surface area contributed by atoms with Crippen molar-refractivity contribution in [3.63, 3.8) is 0 Å². The molecule has 0 aromatic heterocycles. The van der Waals surface area contributed by atoms with E-state index in [-0.39, 0.29) is 31.1 Å². The van der Waals surface area contributed by atoms with Gasteiger partial charge in [-0.2, -0.15) is 0 Å². The maximum atomic E-state index is 12.8. The molecule has 0 heterocycles. The summed E-state index contributed by atoms with van der Waals surface area (Å²) in [5, 5.41) is 0. The summed E-state index contributed by atoms with van der Waals surface area (Å²) >= 11 is 0. The highest BCUT2D eigenvalue weighted by atomic mass is 16.6. The van der Waals surface area contributed by atoms with Crippen LogP contribution in [-0.4, -0.2) is 37.2 Å². The summed E-state index contributed by atoms with van der Waals surface area (Å²) < 4.78 is 16.8. The maximum absolute atomic E-state index is 12.8. The molecule has 0 radical (unpaired) electrons. The van der Waals surface area contributed by atoms with Crippen molar-refractivity contribution in [2.75, 3.05) is 13.2 Å². The van der Waals surface area contributed by atoms with Gasteiger partial charge in [0.05, 0.1) is 0 Å². The predicted octanol–water partition coefficient (Wildman–Crippen LogP) is 17.5. The summed E-state index contributed by atoms with van der Waals surface area (Å²) in [4.78, 5) is 38.0. The second-order valence-corrected chi connectivity index (χ2v) is 17.1. The first kappa shape index (κ1) is 61.1. The standard InChI is InChI=1S/C59H96O6/c1-4-7-10-13-16-19-22-25-28-31-34-37-40-43-46-49-52-58(61)64-55-56(54-63-57(60)51-48-45-42-39-36-33-30-27-24-21-18-15-12-9-6-3)65-59(62)53-50-47-44-41-38-35-32-29-26-23-20-17-14-11-8-5-2/h7,9-10,12,15-16,18-19,21,24-25,27-30,32,34,37,56H,4-6,8,11,13-14,17,20,22-23,26,31,33,35-36,38-55H2,1-3H3/b10-7-,12-9-,18-15-,19-16-,24-21-,28-25-,30-27-,32-29-,37-34-. The van der Waals surface area contributed by atoms with Gasteiger partial charge in [-0.05, 0) is 103 Å². The molecule has 0 bridgehead atoms. The van der Waals surface area contributed by atoms with Gasteiger partial charge in [0.15, 0.2) is 6.10 Å². The van der Waals surface area contributed by atoms with Crippen LogP contribution in [-0.2, 0) is 28.6 Å². The Morgan fingerprint density at radius 1 is 0.338 bits per heavy atom. The number of esters is 3. The average molecular weight is 901 g/mol. The third-order valence-electron chi connectivity index (χ3n) is 10.8. The molecule has 0 fully saturated rings. The number of ether oxygens (including phenoxy) is 3. The van der Waals surface area contributed by atoms with Crippen LogP contribution in [0.4, 0.5) is 0 Å². The Morgan fingerprint density at radius 3 is 1.15 bits per heavy atom. The first-order valence-electron chi connectivity index (χ1n) is 26.4. The van der Waals surface area contributed by atoms with Crippen molar-refractivity contribution in [1.29, 1.82) is 0 Å². The van der Waals surface area contributed by atoms with Crippen molar-refractivity contribution < 1.29 is 28.6 Å². The molecule has 368 valence electrons. The second-order valence-electron chi connectivity index (χ2n) is 17.1. The van der Waals surface area contributed by atoms with E-state index in [4.69, 9.17) is 14.2 Å². The van der Waals surface area contributed by atoms with Crippen LogP contribution in [0.5, 0.6) is 0 Å². The molecule has 0 saturated heterocycles. The monoisotopic (exact) mass is 901 g/mol. The summed E-state index contributed by atoms with van der Waals surface area (Å²) in [7, 11) is 0. The van der Waals surface area contributed by atoms with Crippen molar-refractivity contribution in [3.8, 4) is 0 Å². The number of rotatable bonds is 46. The van der Waals surface area contributed by atoms with Gasteiger partial charge in [-0.25, -0.2) is 0 Å². The normalized spacial score (nSPS) is 13.0. The lowest BCUT2D eigenvalue weighted by Gasteiger charge is -2.18. The van der Waals surface area contributed by atoms with E-state index in [2.05, 4.69) is 112 Å². The second kappa shape index (κ2) is 52.7. The van der Waals surface area contributed by atoms with Crippen LogP contribution >= 0.6 is 0 Å². The van der Waals surface area contributed by atoms with Gasteiger partial charge >= 0.3 is 17.9 Å². The molecule has 6 nitrogen and oxygen atoms in total. The highest BCUT2D eigenvalue weighted by molar-refractivity contribution is 5.71. The van der Waals surface area contributed by atoms with Crippen molar-refractivity contribution in [3.05, 3.63) is 109 Å². The van der Waals surface area contributed by atoms with Crippen molar-refractivity contribution in [2.45, 2.75) is 232 Å². The molecule has 1 unspecified atom stereocenters. The van der Waals surface area contributed by atoms with Crippen LogP contribution in [0.25, 0.3) is 0 Å². The zero-order valence-electron chi connectivity index (χ0n) is 42.0. The summed E-state index contributed by atoms with van der Waals surface area (Å²) in [6, 6.07) is 0. The number of hydrogen-bond donors (Lipinski definition) is 0. The van der Waals surface area contributed by atoms with Gasteiger partial charge in [-0.15, -0.1) is 0 Å². The van der Waals surface area contributed by atoms with E-state index in [1.807, 2.05) is 18.2 Å². The number of carbonyl (C=O) groups is 3. The fourth-order valence-corrected chi connectivity index (χ4v) is 6.91. The Balaban J connectivity index is 4.51. The molecule has 0 aliphatic heterocycles. The lowest BCUT2D eigenvalue weighted by atomic mass is 10.1. The van der Waals surface area contributed by atoms with Gasteiger partial charge in [0.1, 0.15) is 13.2 Å². The third-order valence-corrected chi connectivity index (χ3v) is 10.8. The minimum Gasteiger partial charge on any atom is -0.462 e. The molecule has 1 atom stereocenters. The Labute approximate surface area is 400 Å². The van der Waals surface area contributed by atoms with E-state index in [0.29, 0.717) is 19.3 Å². The molecular weight excluding hydrogens is 805 g/mol. The topological polar surface area (TPSA) is 78.9 Å². The Bertz CT molecular complexity index is 1360. The highest BCUT2D eigenvalue weighted by Gasteiger charge is 2.19. The molecule has 0 rings (SSSR count). The molecule has 0 N–H and O–H groups in total. The number of unbranched alkanes of at least 4 members (excludes halogenated alkanes) is 20. The van der Waals surface area contributed by atoms with Gasteiger partial charge < -0.3 is 14.2 Å². The molecule has 0 saturated carbocycles. The molecule has 0 aliphatic rings. The van der Waals surface area contributed by atoms with E-state index in [1.54, 1.807) is 0 Å². The fraction of sp³-hybridized carbons (Fsp3) is 0.644. The molecule has 6 heteroatoms. The zero-order valence-corrected chi connectivity index (χ0v) is 42.0. The van der Waals surface area contributed by atoms with Crippen LogP contribution in [0, 0.1) is 0 Å². The molecule has 0 amide bonds. The predicted molar refractivity (Wildman–Crippen MR) is 279 cm³/mol. The minimum atomic E-state index is -0.807. The molecule has 0 aromatic carbocycles. The number of allylic oxidation sites excluding steroid dienone is 18. The van der Waals surface area contributed by atoms with E-state index in [0.717, 1.165) is 128 Å². The smallest absolute Gasteiger partial charge is 0.306 e. The van der Waals surface area contributed by atoms with Gasteiger partial charge in [0, 0.05) is 19.3 Å². The fourth-order valence-electron chi connectivity index (χ4n) is 6.91. The quantitative estimate of drug-likeness (QED) is 0.0199. The molecule has 65 heavy (non-hydrogen) atoms. The van der Waals surface area contributed by atoms with E-state index >= 15 is 0 Å². The lowest BCUT2D eigenvalue weighted by molar-refractivity contribution is -0.167. The van der Waals surface area contributed by atoms with Gasteiger partial charge in [-0.1, -0.05) is 214 Å². The van der Waals surface area contributed by atoms with Crippen LogP contribution in [0.15, 0.2) is 109 Å². The van der Waals surface area contributed by atoms with Crippen molar-refractivity contribution >= 4 is 17.9 Å². The van der Waals surface area contributed by atoms with Crippen LogP contribution in [0.2, 0.25) is 0 Å². The lowest BCUT2D eigenvalue weighted by Crippen LogP contribution is -2.30. The molecule has 0 spiro atoms. The van der Waals surface area contributed by atoms with Crippen molar-refractivity contribution in [2.24, 2.45) is 0 Å². The Morgan fingerprint density at radius 2 is 0.677 bits per heavy atom. The zero-order chi connectivity index (χ0) is 47.2. The largest absolute Gasteiger partial charge is 0.462 e. The minimum absolute atomic E-state index is 0.106. The van der Waals surface area contributed by atoms with Gasteiger partial charge in [-0.3, -0.25) is 14.4 Å². The van der Waals surface area contributed by atoms with E-state index < -0.39 is 6.10 Å². The van der Waals surface area contributed by atoms with E-state index in [1.165, 1.54) is 57.8 Å². The SMILES string of the molecule is CC\C=C/C=C\C=C/C=C\CCCCCCCC(=O)OCC(COC(=O)CCCCC/C=C\C/C=C\C/C=C\C/C=C\CC)OC(=O)CCCCCCC/C=C\CCCCCCCCC. The maximum Gasteiger partial charge on any atom is 0.306 e. The van der Waals surface area contributed by atoms with Crippen molar-refractivity contribution in [1.82, 2.24) is 0 Å². The number of carbonyl (C=O) groups excluding carboxylic acids is 3. The summed E-state index contributed by atoms with van der Waals surface area (Å²) in [5.41, 5.74) is 0. The Hall–Kier alpha value is -3.93. The third kappa shape index (κ3) is 50.9. The van der Waals surface area contributed by atoms with Crippen LogP contribution < -0.4 is 0 Å². The molecule has 0 aromatic rings. The summed E-state index contributed by atoms with van der Waals surface area (Å²) in [5.74, 6) is -0.971. The molecular formula is C59H96O6. The highest BCUT2D eigenvalue weighted by Crippen LogP contribution is 2.13. The summed E-state index contributed by atoms with van der Waals surface area (Å²) in [6.45, 7) is 6.32. The number of hydrogen-bond acceptors (Lipinski definition) is 6. The van der Waals surface area contributed by atoms with Crippen LogP contribution in [0.3, 0.4) is 0 Å². The van der Waals surface area contributed by atoms with Gasteiger partial charge in [0.25, 0.3) is 0 Å². The first-order chi connectivity index (χ1) is 32.0. The van der Waals surface area contributed by atoms with Gasteiger partial charge in [0.2, 0.25) is 0 Å². The van der Waals surface area contributed by atoms with Crippen LogP contribution in [0.1, 0.15) is 226 Å². The Kier molecular flexibility index (Phi) is 49.5. The molecule has 0 aliphatic carbocycles.